The van der Waals surface area contributed by atoms with Gasteiger partial charge in [0.05, 0.1) is 0 Å². The zero-order chi connectivity index (χ0) is 21.8. The third-order valence-electron chi connectivity index (χ3n) is 7.05. The molecule has 5 aromatic rings. The molecular weight excluding hydrogens is 400 g/mol. The predicted octanol–water partition coefficient (Wildman–Crippen LogP) is 8.16. The molecule has 0 aromatic heterocycles. The van der Waals surface area contributed by atoms with Crippen molar-refractivity contribution < 1.29 is 4.74 Å². The number of benzene rings is 5. The first-order chi connectivity index (χ1) is 16.4. The Morgan fingerprint density at radius 1 is 0.576 bits per heavy atom. The van der Waals surface area contributed by atoms with Crippen molar-refractivity contribution in [1.82, 2.24) is 0 Å². The van der Waals surface area contributed by atoms with Gasteiger partial charge in [-0.3, -0.25) is 0 Å². The lowest BCUT2D eigenvalue weighted by molar-refractivity contribution is 0.259. The molecule has 2 aliphatic rings. The lowest BCUT2D eigenvalue weighted by Crippen LogP contribution is -2.23. The van der Waals surface area contributed by atoms with Crippen LogP contribution >= 0.6 is 0 Å². The average molecular weight is 423 g/mol. The summed E-state index contributed by atoms with van der Waals surface area (Å²) in [5, 5.41) is 5.17. The van der Waals surface area contributed by atoms with Gasteiger partial charge in [0.15, 0.2) is 0 Å². The Morgan fingerprint density at radius 2 is 1.18 bits per heavy atom. The molecule has 1 nitrogen and oxygen atoms in total. The van der Waals surface area contributed by atoms with E-state index in [0.29, 0.717) is 0 Å². The molecule has 0 amide bonds. The third-order valence-corrected chi connectivity index (χ3v) is 7.05. The van der Waals surface area contributed by atoms with Crippen LogP contribution < -0.4 is 4.74 Å². The Labute approximate surface area is 193 Å². The van der Waals surface area contributed by atoms with Crippen LogP contribution in [0, 0.1) is 0 Å². The first kappa shape index (κ1) is 18.5. The summed E-state index contributed by atoms with van der Waals surface area (Å²) in [6, 6.07) is 36.9. The number of para-hydroxylation sites is 1. The van der Waals surface area contributed by atoms with Crippen LogP contribution in [0.4, 0.5) is 0 Å². The molecule has 1 aliphatic carbocycles. The van der Waals surface area contributed by atoms with Crippen LogP contribution in [0.2, 0.25) is 0 Å². The van der Waals surface area contributed by atoms with Crippen molar-refractivity contribution >= 4 is 27.1 Å². The maximum Gasteiger partial charge on any atom is 0.135 e. The third kappa shape index (κ3) is 2.72. The van der Waals surface area contributed by atoms with Crippen LogP contribution in [0.1, 0.15) is 17.0 Å². The summed E-state index contributed by atoms with van der Waals surface area (Å²) < 4.78 is 6.57. The molecule has 2 unspecified atom stereocenters. The molecule has 0 spiro atoms. The molecule has 0 saturated heterocycles. The summed E-state index contributed by atoms with van der Waals surface area (Å²) in [5.74, 6) is 1.12. The minimum atomic E-state index is -0.0122. The molecule has 7 rings (SSSR count). The van der Waals surface area contributed by atoms with Gasteiger partial charge in [0, 0.05) is 17.1 Å². The van der Waals surface area contributed by atoms with Crippen molar-refractivity contribution in [2.75, 3.05) is 0 Å². The number of rotatable bonds is 2. The van der Waals surface area contributed by atoms with Gasteiger partial charge < -0.3 is 4.74 Å². The van der Waals surface area contributed by atoms with Crippen molar-refractivity contribution in [1.29, 1.82) is 0 Å². The van der Waals surface area contributed by atoms with Gasteiger partial charge in [0.25, 0.3) is 0 Å². The number of ether oxygens (including phenoxy) is 1. The summed E-state index contributed by atoms with van der Waals surface area (Å²) in [5.41, 5.74) is 6.39. The number of allylic oxidation sites excluding steroid dienone is 2. The summed E-state index contributed by atoms with van der Waals surface area (Å²) in [6.45, 7) is 0. The Kier molecular flexibility index (Phi) is 4.04. The van der Waals surface area contributed by atoms with Gasteiger partial charge >= 0.3 is 0 Å². The predicted molar refractivity (Wildman–Crippen MR) is 138 cm³/mol. The van der Waals surface area contributed by atoms with Gasteiger partial charge in [-0.05, 0) is 44.3 Å². The van der Waals surface area contributed by atoms with Gasteiger partial charge in [0.2, 0.25) is 0 Å². The van der Waals surface area contributed by atoms with E-state index in [0.717, 1.165) is 5.75 Å². The van der Waals surface area contributed by atoms with E-state index in [1.165, 1.54) is 49.4 Å². The molecule has 0 N–H and O–H groups in total. The van der Waals surface area contributed by atoms with Crippen molar-refractivity contribution in [3.8, 4) is 16.9 Å². The molecule has 0 saturated carbocycles. The second-order valence-electron chi connectivity index (χ2n) is 8.81. The van der Waals surface area contributed by atoms with E-state index in [1.54, 1.807) is 0 Å². The fraction of sp³-hybridized carbons (Fsp3) is 0.0625. The van der Waals surface area contributed by atoms with Gasteiger partial charge in [-0.15, -0.1) is 0 Å². The van der Waals surface area contributed by atoms with E-state index in [4.69, 9.17) is 4.74 Å². The van der Waals surface area contributed by atoms with Crippen LogP contribution in [0.3, 0.4) is 0 Å². The van der Waals surface area contributed by atoms with Crippen LogP contribution in [0.25, 0.3) is 38.2 Å². The molecule has 0 bridgehead atoms. The Hall–Kier alpha value is -4.10. The second-order valence-corrected chi connectivity index (χ2v) is 8.81. The summed E-state index contributed by atoms with van der Waals surface area (Å²) in [6.07, 6.45) is 6.73. The van der Waals surface area contributed by atoms with Crippen molar-refractivity contribution in [3.63, 3.8) is 0 Å². The number of hydrogen-bond acceptors (Lipinski definition) is 1. The molecule has 2 atom stereocenters. The van der Waals surface area contributed by atoms with Gasteiger partial charge in [0.1, 0.15) is 11.9 Å². The molecular formula is C32H22O. The van der Waals surface area contributed by atoms with Crippen LogP contribution in [-0.4, -0.2) is 6.10 Å². The van der Waals surface area contributed by atoms with E-state index >= 15 is 0 Å². The topological polar surface area (TPSA) is 9.23 Å². The Balaban J connectivity index is 1.53. The second kappa shape index (κ2) is 7.21. The standard InChI is InChI=1S/C32H22O/c1-2-11-21(12-3-1)30-23-14-4-6-16-25(23)31(26-17-7-5-15-24(26)30)28-19-10-18-27-22-13-8-9-20-29(22)33-32(27)28/h1-20,28,32H. The largest absolute Gasteiger partial charge is 0.484 e. The zero-order valence-corrected chi connectivity index (χ0v) is 18.1. The summed E-state index contributed by atoms with van der Waals surface area (Å²) >= 11 is 0. The fourth-order valence-electron chi connectivity index (χ4n) is 5.68. The maximum atomic E-state index is 6.57. The molecule has 33 heavy (non-hydrogen) atoms. The smallest absolute Gasteiger partial charge is 0.135 e. The van der Waals surface area contributed by atoms with Crippen molar-refractivity contribution in [3.05, 3.63) is 132 Å². The summed E-state index contributed by atoms with van der Waals surface area (Å²) in [4.78, 5) is 0. The van der Waals surface area contributed by atoms with Crippen molar-refractivity contribution in [2.45, 2.75) is 12.0 Å². The fourth-order valence-corrected chi connectivity index (χ4v) is 5.68. The van der Waals surface area contributed by atoms with Crippen LogP contribution in [-0.2, 0) is 0 Å². The van der Waals surface area contributed by atoms with E-state index < -0.39 is 0 Å². The SMILES string of the molecule is C1=CC(c2c3ccccc3c(-c3ccccc3)c3ccccc23)C2Oc3ccccc3C2=C1. The summed E-state index contributed by atoms with van der Waals surface area (Å²) in [7, 11) is 0. The Bertz CT molecular complexity index is 1530. The molecule has 0 fully saturated rings. The highest BCUT2D eigenvalue weighted by molar-refractivity contribution is 6.15. The van der Waals surface area contributed by atoms with Gasteiger partial charge in [-0.2, -0.15) is 0 Å². The Morgan fingerprint density at radius 3 is 1.91 bits per heavy atom. The van der Waals surface area contributed by atoms with E-state index in [9.17, 15) is 0 Å². The minimum absolute atomic E-state index is 0.0122. The number of fused-ring (bicyclic) bond motifs is 5. The highest BCUT2D eigenvalue weighted by Crippen LogP contribution is 2.49. The minimum Gasteiger partial charge on any atom is -0.484 e. The first-order valence-electron chi connectivity index (χ1n) is 11.5. The lowest BCUT2D eigenvalue weighted by atomic mass is 9.78. The molecule has 0 radical (unpaired) electrons. The van der Waals surface area contributed by atoms with E-state index in [1.807, 2.05) is 0 Å². The molecule has 1 aliphatic heterocycles. The molecule has 1 heteroatoms. The molecule has 1 heterocycles. The highest BCUT2D eigenvalue weighted by atomic mass is 16.5. The normalized spacial score (nSPS) is 18.6. The average Bonchev–Trinajstić information content (AvgIpc) is 3.27. The number of hydrogen-bond donors (Lipinski definition) is 0. The van der Waals surface area contributed by atoms with Crippen LogP contribution in [0.5, 0.6) is 5.75 Å². The van der Waals surface area contributed by atoms with Gasteiger partial charge in [-0.1, -0.05) is 115 Å². The molecule has 5 aromatic carbocycles. The first-order valence-corrected chi connectivity index (χ1v) is 11.5. The maximum absolute atomic E-state index is 6.57. The zero-order valence-electron chi connectivity index (χ0n) is 18.1. The van der Waals surface area contributed by atoms with Crippen molar-refractivity contribution in [2.24, 2.45) is 0 Å². The van der Waals surface area contributed by atoms with E-state index in [-0.39, 0.29) is 12.0 Å². The highest BCUT2D eigenvalue weighted by Gasteiger charge is 2.37. The monoisotopic (exact) mass is 422 g/mol. The van der Waals surface area contributed by atoms with Gasteiger partial charge in [-0.25, -0.2) is 0 Å². The lowest BCUT2D eigenvalue weighted by Gasteiger charge is -2.28. The van der Waals surface area contributed by atoms with E-state index in [2.05, 4.69) is 121 Å². The molecule has 156 valence electrons. The quantitative estimate of drug-likeness (QED) is 0.261. The van der Waals surface area contributed by atoms with Crippen LogP contribution in [0.15, 0.2) is 121 Å².